The summed E-state index contributed by atoms with van der Waals surface area (Å²) in [5.74, 6) is 2.53. The van der Waals surface area contributed by atoms with E-state index in [9.17, 15) is 4.21 Å². The fraction of sp³-hybridized carbons (Fsp3) is 0.286. The van der Waals surface area contributed by atoms with Crippen molar-refractivity contribution in [3.63, 3.8) is 0 Å². The van der Waals surface area contributed by atoms with Crippen LogP contribution in [-0.4, -0.2) is 21.6 Å². The van der Waals surface area contributed by atoms with E-state index in [-0.39, 0.29) is 0 Å². The molecule has 1 unspecified atom stereocenters. The molecule has 0 heterocycles. The Morgan fingerprint density at radius 2 is 2.06 bits per heavy atom. The van der Waals surface area contributed by atoms with Gasteiger partial charge in [0.1, 0.15) is 11.0 Å². The van der Waals surface area contributed by atoms with Crippen LogP contribution >= 0.6 is 0 Å². The topological polar surface area (TPSA) is 20.3 Å². The van der Waals surface area contributed by atoms with Gasteiger partial charge in [-0.15, -0.1) is 6.42 Å². The first-order valence-corrected chi connectivity index (χ1v) is 6.46. The summed E-state index contributed by atoms with van der Waals surface area (Å²) in [4.78, 5) is 0.770. The zero-order chi connectivity index (χ0) is 12.8. The molecule has 1 atom stereocenters. The number of benzene rings is 1. The van der Waals surface area contributed by atoms with Crippen molar-refractivity contribution in [2.45, 2.75) is 18.7 Å². The fourth-order valence-corrected chi connectivity index (χ4v) is 2.58. The van der Waals surface area contributed by atoms with E-state index >= 15 is 0 Å². The Morgan fingerprint density at radius 1 is 1.47 bits per heavy atom. The SMILES string of the molecule is C#CCN(CC(=C)C)S(=O)c1ccc(C)cc1. The Morgan fingerprint density at radius 3 is 2.53 bits per heavy atom. The second kappa shape index (κ2) is 6.39. The quantitative estimate of drug-likeness (QED) is 0.578. The molecule has 0 radical (unpaired) electrons. The molecule has 0 amide bonds. The minimum atomic E-state index is -1.22. The molecule has 0 aliphatic rings. The second-order valence-corrected chi connectivity index (χ2v) is 5.51. The Bertz CT molecular complexity index is 456. The van der Waals surface area contributed by atoms with Crippen molar-refractivity contribution in [1.29, 1.82) is 0 Å². The summed E-state index contributed by atoms with van der Waals surface area (Å²) in [7, 11) is -1.22. The zero-order valence-corrected chi connectivity index (χ0v) is 11.1. The van der Waals surface area contributed by atoms with Crippen molar-refractivity contribution in [2.75, 3.05) is 13.1 Å². The smallest absolute Gasteiger partial charge is 0.128 e. The molecule has 0 saturated heterocycles. The molecule has 0 bridgehead atoms. The molecule has 3 heteroatoms. The molecule has 0 saturated carbocycles. The van der Waals surface area contributed by atoms with Gasteiger partial charge >= 0.3 is 0 Å². The number of rotatable bonds is 5. The first-order valence-electron chi connectivity index (χ1n) is 5.36. The molecule has 1 aromatic rings. The summed E-state index contributed by atoms with van der Waals surface area (Å²) in [5.41, 5.74) is 2.09. The molecule has 0 spiro atoms. The van der Waals surface area contributed by atoms with Crippen molar-refractivity contribution < 1.29 is 4.21 Å². The van der Waals surface area contributed by atoms with Crippen LogP contribution in [0.2, 0.25) is 0 Å². The number of terminal acetylenes is 1. The highest BCUT2D eigenvalue weighted by molar-refractivity contribution is 7.82. The summed E-state index contributed by atoms with van der Waals surface area (Å²) in [6.45, 7) is 8.62. The van der Waals surface area contributed by atoms with E-state index in [1.54, 1.807) is 4.31 Å². The Balaban J connectivity index is 2.88. The predicted molar refractivity (Wildman–Crippen MR) is 72.8 cm³/mol. The maximum atomic E-state index is 12.3. The van der Waals surface area contributed by atoms with Gasteiger partial charge in [0.15, 0.2) is 0 Å². The van der Waals surface area contributed by atoms with Gasteiger partial charge in [-0.2, -0.15) is 0 Å². The highest BCUT2D eigenvalue weighted by atomic mass is 32.2. The fourth-order valence-electron chi connectivity index (χ4n) is 1.38. The molecular formula is C14H17NOS. The van der Waals surface area contributed by atoms with E-state index < -0.39 is 11.0 Å². The summed E-state index contributed by atoms with van der Waals surface area (Å²) >= 11 is 0. The summed E-state index contributed by atoms with van der Waals surface area (Å²) < 4.78 is 14.0. The molecule has 90 valence electrons. The average Bonchev–Trinajstić information content (AvgIpc) is 2.28. The van der Waals surface area contributed by atoms with Gasteiger partial charge < -0.3 is 0 Å². The summed E-state index contributed by atoms with van der Waals surface area (Å²) in [6.07, 6.45) is 5.29. The molecular weight excluding hydrogens is 230 g/mol. The lowest BCUT2D eigenvalue weighted by Crippen LogP contribution is -2.28. The van der Waals surface area contributed by atoms with Gasteiger partial charge in [0.05, 0.1) is 11.4 Å². The zero-order valence-electron chi connectivity index (χ0n) is 10.3. The molecule has 0 aromatic heterocycles. The number of hydrogen-bond acceptors (Lipinski definition) is 1. The van der Waals surface area contributed by atoms with Gasteiger partial charge in [0.2, 0.25) is 0 Å². The molecule has 1 rings (SSSR count). The standard InChI is InChI=1S/C14H17NOS/c1-5-10-15(11-12(2)3)17(16)14-8-6-13(4)7-9-14/h1,6-9H,2,10-11H2,3-4H3. The normalized spacial score (nSPS) is 12.1. The third-order valence-electron chi connectivity index (χ3n) is 2.17. The molecule has 17 heavy (non-hydrogen) atoms. The van der Waals surface area contributed by atoms with E-state index in [0.717, 1.165) is 16.0 Å². The third kappa shape index (κ3) is 4.18. The monoisotopic (exact) mass is 247 g/mol. The van der Waals surface area contributed by atoms with Crippen molar-refractivity contribution >= 4 is 11.0 Å². The van der Waals surface area contributed by atoms with Gasteiger partial charge in [0.25, 0.3) is 0 Å². The molecule has 0 fully saturated rings. The maximum Gasteiger partial charge on any atom is 0.128 e. The Kier molecular flexibility index (Phi) is 5.14. The highest BCUT2D eigenvalue weighted by Crippen LogP contribution is 2.12. The molecule has 0 aliphatic carbocycles. The molecule has 0 aliphatic heterocycles. The van der Waals surface area contributed by atoms with Crippen LogP contribution in [-0.2, 0) is 11.0 Å². The van der Waals surface area contributed by atoms with E-state index in [1.165, 1.54) is 0 Å². The van der Waals surface area contributed by atoms with Crippen molar-refractivity contribution in [3.05, 3.63) is 42.0 Å². The van der Waals surface area contributed by atoms with Gasteiger partial charge in [-0.25, -0.2) is 8.51 Å². The van der Waals surface area contributed by atoms with Crippen LogP contribution in [0.5, 0.6) is 0 Å². The predicted octanol–water partition coefficient (Wildman–Crippen LogP) is 2.53. The van der Waals surface area contributed by atoms with Gasteiger partial charge in [-0.1, -0.05) is 35.8 Å². The third-order valence-corrected chi connectivity index (χ3v) is 3.57. The number of nitrogens with zero attached hydrogens (tertiary/aromatic N) is 1. The number of aryl methyl sites for hydroxylation is 1. The van der Waals surface area contributed by atoms with Crippen molar-refractivity contribution in [3.8, 4) is 12.3 Å². The van der Waals surface area contributed by atoms with Crippen LogP contribution in [0.4, 0.5) is 0 Å². The minimum absolute atomic E-state index is 0.355. The summed E-state index contributed by atoms with van der Waals surface area (Å²) in [5, 5.41) is 0. The Hall–Kier alpha value is -1.37. The van der Waals surface area contributed by atoms with Gasteiger partial charge in [-0.05, 0) is 26.0 Å². The second-order valence-electron chi connectivity index (χ2n) is 4.02. The first-order chi connectivity index (χ1) is 8.04. The number of hydrogen-bond donors (Lipinski definition) is 0. The van der Waals surface area contributed by atoms with Crippen LogP contribution in [0.25, 0.3) is 0 Å². The maximum absolute atomic E-state index is 12.3. The highest BCUT2D eigenvalue weighted by Gasteiger charge is 2.13. The van der Waals surface area contributed by atoms with Crippen LogP contribution in [0.3, 0.4) is 0 Å². The van der Waals surface area contributed by atoms with Crippen molar-refractivity contribution in [2.24, 2.45) is 0 Å². The average molecular weight is 247 g/mol. The van der Waals surface area contributed by atoms with Crippen LogP contribution in [0.15, 0.2) is 41.3 Å². The summed E-state index contributed by atoms with van der Waals surface area (Å²) in [6, 6.07) is 7.63. The molecule has 1 aromatic carbocycles. The molecule has 2 nitrogen and oxygen atoms in total. The lowest BCUT2D eigenvalue weighted by atomic mass is 10.2. The van der Waals surface area contributed by atoms with Gasteiger partial charge in [0, 0.05) is 6.54 Å². The Labute approximate surface area is 106 Å². The van der Waals surface area contributed by atoms with Crippen LogP contribution in [0, 0.1) is 19.3 Å². The van der Waals surface area contributed by atoms with E-state index in [4.69, 9.17) is 6.42 Å². The minimum Gasteiger partial charge on any atom is -0.237 e. The molecule has 0 N–H and O–H groups in total. The lowest BCUT2D eigenvalue weighted by molar-refractivity contribution is 0.526. The van der Waals surface area contributed by atoms with E-state index in [0.29, 0.717) is 13.1 Å². The van der Waals surface area contributed by atoms with Crippen LogP contribution in [0.1, 0.15) is 12.5 Å². The van der Waals surface area contributed by atoms with Crippen LogP contribution < -0.4 is 0 Å². The van der Waals surface area contributed by atoms with E-state index in [2.05, 4.69) is 12.5 Å². The van der Waals surface area contributed by atoms with Gasteiger partial charge in [-0.3, -0.25) is 0 Å². The van der Waals surface area contributed by atoms with Crippen molar-refractivity contribution in [1.82, 2.24) is 4.31 Å². The largest absolute Gasteiger partial charge is 0.237 e. The van der Waals surface area contributed by atoms with E-state index in [1.807, 2.05) is 38.1 Å². The first kappa shape index (κ1) is 13.7. The lowest BCUT2D eigenvalue weighted by Gasteiger charge is -2.18.